The molecular formula is C20H21ClN4. The van der Waals surface area contributed by atoms with Gasteiger partial charge in [-0.3, -0.25) is 4.98 Å². The van der Waals surface area contributed by atoms with Gasteiger partial charge in [0.2, 0.25) is 0 Å². The molecule has 0 bridgehead atoms. The van der Waals surface area contributed by atoms with Crippen LogP contribution < -0.4 is 0 Å². The summed E-state index contributed by atoms with van der Waals surface area (Å²) in [4.78, 5) is 11.7. The smallest absolute Gasteiger partial charge is 0.141 e. The third-order valence-electron chi connectivity index (χ3n) is 4.94. The van der Waals surface area contributed by atoms with Crippen molar-refractivity contribution in [3.8, 4) is 0 Å². The first-order valence-corrected chi connectivity index (χ1v) is 9.14. The maximum absolute atomic E-state index is 6.16. The Bertz CT molecular complexity index is 1050. The lowest BCUT2D eigenvalue weighted by Crippen LogP contribution is -2.27. The molecule has 0 aliphatic heterocycles. The summed E-state index contributed by atoms with van der Waals surface area (Å²) in [5.74, 6) is 0. The third-order valence-corrected chi connectivity index (χ3v) is 5.17. The highest BCUT2D eigenvalue weighted by Gasteiger charge is 2.15. The summed E-state index contributed by atoms with van der Waals surface area (Å²) in [6.07, 6.45) is 3.81. The van der Waals surface area contributed by atoms with E-state index in [1.807, 2.05) is 30.6 Å². The molecule has 1 aromatic carbocycles. The first kappa shape index (κ1) is 16.3. The fourth-order valence-electron chi connectivity index (χ4n) is 3.57. The Morgan fingerprint density at radius 3 is 2.68 bits per heavy atom. The lowest BCUT2D eigenvalue weighted by molar-refractivity contribution is 0.293. The standard InChI is InChI=1S/C20H21ClN4/c1-3-24(4-2)10-11-25-19-16-8-7-14(21)12-18(16)23-13-17(19)15-6-5-9-22-20(15)25/h5-9,12-13H,3-4,10-11H2,1-2H3. The molecular weight excluding hydrogens is 332 g/mol. The summed E-state index contributed by atoms with van der Waals surface area (Å²) in [5, 5.41) is 4.14. The third kappa shape index (κ3) is 2.75. The van der Waals surface area contributed by atoms with E-state index in [9.17, 15) is 0 Å². The lowest BCUT2D eigenvalue weighted by atomic mass is 10.1. The quantitative estimate of drug-likeness (QED) is 0.520. The summed E-state index contributed by atoms with van der Waals surface area (Å²) in [6.45, 7) is 8.42. The minimum Gasteiger partial charge on any atom is -0.323 e. The molecule has 25 heavy (non-hydrogen) atoms. The number of halogens is 1. The molecule has 3 heterocycles. The molecule has 0 aliphatic rings. The number of rotatable bonds is 5. The molecule has 0 fully saturated rings. The van der Waals surface area contributed by atoms with Crippen LogP contribution in [0.15, 0.2) is 42.7 Å². The van der Waals surface area contributed by atoms with Gasteiger partial charge in [0.05, 0.1) is 11.0 Å². The van der Waals surface area contributed by atoms with E-state index in [1.54, 1.807) is 0 Å². The highest BCUT2D eigenvalue weighted by atomic mass is 35.5. The first-order valence-electron chi connectivity index (χ1n) is 8.76. The van der Waals surface area contributed by atoms with Crippen LogP contribution in [0.5, 0.6) is 0 Å². The van der Waals surface area contributed by atoms with Crippen LogP contribution in [0, 0.1) is 0 Å². The normalized spacial score (nSPS) is 12.0. The van der Waals surface area contributed by atoms with E-state index in [2.05, 4.69) is 45.4 Å². The van der Waals surface area contributed by atoms with Gasteiger partial charge >= 0.3 is 0 Å². The number of nitrogens with zero attached hydrogens (tertiary/aromatic N) is 4. The number of hydrogen-bond acceptors (Lipinski definition) is 3. The molecule has 3 aromatic heterocycles. The second kappa shape index (κ2) is 6.62. The number of likely N-dealkylation sites (N-methyl/N-ethyl adjacent to an activating group) is 1. The van der Waals surface area contributed by atoms with Crippen LogP contribution in [0.3, 0.4) is 0 Å². The van der Waals surface area contributed by atoms with Crippen LogP contribution in [0.4, 0.5) is 0 Å². The van der Waals surface area contributed by atoms with Crippen molar-refractivity contribution < 1.29 is 0 Å². The largest absolute Gasteiger partial charge is 0.323 e. The number of benzene rings is 1. The van der Waals surface area contributed by atoms with Gasteiger partial charge in [-0.25, -0.2) is 4.98 Å². The Labute approximate surface area is 152 Å². The Morgan fingerprint density at radius 1 is 1.04 bits per heavy atom. The van der Waals surface area contributed by atoms with Crippen molar-refractivity contribution in [1.82, 2.24) is 19.4 Å². The van der Waals surface area contributed by atoms with Crippen molar-refractivity contribution >= 4 is 44.4 Å². The van der Waals surface area contributed by atoms with Crippen LogP contribution >= 0.6 is 11.6 Å². The number of hydrogen-bond donors (Lipinski definition) is 0. The summed E-state index contributed by atoms with van der Waals surface area (Å²) >= 11 is 6.16. The molecule has 5 heteroatoms. The van der Waals surface area contributed by atoms with Crippen molar-refractivity contribution in [2.24, 2.45) is 0 Å². The summed E-state index contributed by atoms with van der Waals surface area (Å²) in [6, 6.07) is 10.0. The van der Waals surface area contributed by atoms with Crippen LogP contribution in [0.2, 0.25) is 5.02 Å². The first-order chi connectivity index (χ1) is 12.2. The van der Waals surface area contributed by atoms with Gasteiger partial charge in [0.15, 0.2) is 0 Å². The van der Waals surface area contributed by atoms with Gasteiger partial charge < -0.3 is 9.47 Å². The SMILES string of the molecule is CCN(CC)CCn1c2ncccc2c2cnc3cc(Cl)ccc3c21. The molecule has 0 radical (unpaired) electrons. The topological polar surface area (TPSA) is 34.0 Å². The molecule has 0 aliphatic carbocycles. The van der Waals surface area contributed by atoms with Crippen LogP contribution in [0.1, 0.15) is 13.8 Å². The predicted molar refractivity (Wildman–Crippen MR) is 105 cm³/mol. The zero-order chi connectivity index (χ0) is 17.4. The van der Waals surface area contributed by atoms with E-state index in [0.29, 0.717) is 5.02 Å². The molecule has 4 rings (SSSR count). The average Bonchev–Trinajstić information content (AvgIpc) is 2.96. The van der Waals surface area contributed by atoms with Gasteiger partial charge in [0.1, 0.15) is 5.65 Å². The van der Waals surface area contributed by atoms with Crippen molar-refractivity contribution in [2.45, 2.75) is 20.4 Å². The summed E-state index contributed by atoms with van der Waals surface area (Å²) in [5.41, 5.74) is 3.14. The number of pyridine rings is 2. The van der Waals surface area contributed by atoms with E-state index in [0.717, 1.165) is 53.5 Å². The minimum absolute atomic E-state index is 0.711. The van der Waals surface area contributed by atoms with Crippen LogP contribution in [-0.4, -0.2) is 39.1 Å². The molecule has 4 aromatic rings. The highest BCUT2D eigenvalue weighted by Crippen LogP contribution is 2.33. The van der Waals surface area contributed by atoms with Gasteiger partial charge in [-0.1, -0.05) is 25.4 Å². The lowest BCUT2D eigenvalue weighted by Gasteiger charge is -2.19. The van der Waals surface area contributed by atoms with Crippen LogP contribution in [0.25, 0.3) is 32.8 Å². The number of aromatic nitrogens is 3. The van der Waals surface area contributed by atoms with E-state index < -0.39 is 0 Å². The molecule has 0 amide bonds. The maximum Gasteiger partial charge on any atom is 0.141 e. The molecule has 0 spiro atoms. The zero-order valence-electron chi connectivity index (χ0n) is 14.5. The fourth-order valence-corrected chi connectivity index (χ4v) is 3.73. The minimum atomic E-state index is 0.711. The van der Waals surface area contributed by atoms with Crippen molar-refractivity contribution in [1.29, 1.82) is 0 Å². The average molecular weight is 353 g/mol. The Balaban J connectivity index is 1.99. The van der Waals surface area contributed by atoms with E-state index in [1.165, 1.54) is 5.52 Å². The summed E-state index contributed by atoms with van der Waals surface area (Å²) < 4.78 is 2.33. The fraction of sp³-hybridized carbons (Fsp3) is 0.300. The molecule has 0 saturated heterocycles. The van der Waals surface area contributed by atoms with Gasteiger partial charge in [0, 0.05) is 46.7 Å². The Hall–Kier alpha value is -2.17. The maximum atomic E-state index is 6.16. The van der Waals surface area contributed by atoms with Crippen molar-refractivity contribution in [2.75, 3.05) is 19.6 Å². The highest BCUT2D eigenvalue weighted by molar-refractivity contribution is 6.31. The molecule has 0 N–H and O–H groups in total. The Kier molecular flexibility index (Phi) is 4.32. The Morgan fingerprint density at radius 2 is 1.88 bits per heavy atom. The van der Waals surface area contributed by atoms with Gasteiger partial charge in [-0.05, 0) is 43.4 Å². The molecule has 0 unspecified atom stereocenters. The van der Waals surface area contributed by atoms with Crippen molar-refractivity contribution in [3.63, 3.8) is 0 Å². The monoisotopic (exact) mass is 352 g/mol. The molecule has 0 atom stereocenters. The van der Waals surface area contributed by atoms with E-state index in [4.69, 9.17) is 11.6 Å². The molecule has 4 nitrogen and oxygen atoms in total. The number of fused-ring (bicyclic) bond motifs is 5. The molecule has 128 valence electrons. The van der Waals surface area contributed by atoms with E-state index >= 15 is 0 Å². The predicted octanol–water partition coefficient (Wildman–Crippen LogP) is 4.73. The second-order valence-corrected chi connectivity index (χ2v) is 6.67. The van der Waals surface area contributed by atoms with Gasteiger partial charge in [0.25, 0.3) is 0 Å². The van der Waals surface area contributed by atoms with Crippen molar-refractivity contribution in [3.05, 3.63) is 47.7 Å². The molecule has 0 saturated carbocycles. The zero-order valence-corrected chi connectivity index (χ0v) is 15.3. The van der Waals surface area contributed by atoms with Gasteiger partial charge in [-0.2, -0.15) is 0 Å². The van der Waals surface area contributed by atoms with E-state index in [-0.39, 0.29) is 0 Å². The van der Waals surface area contributed by atoms with Gasteiger partial charge in [-0.15, -0.1) is 0 Å². The van der Waals surface area contributed by atoms with Crippen LogP contribution in [-0.2, 0) is 6.54 Å². The summed E-state index contributed by atoms with van der Waals surface area (Å²) in [7, 11) is 0. The second-order valence-electron chi connectivity index (χ2n) is 6.24.